The fraction of sp³-hybridized carbons (Fsp3) is 0.611. The molecule has 6 nitrogen and oxygen atoms in total. The number of hydrogen-bond donors (Lipinski definition) is 0. The zero-order valence-corrected chi connectivity index (χ0v) is 15.0. The van der Waals surface area contributed by atoms with Crippen LogP contribution in [0, 0.1) is 11.8 Å². The quantitative estimate of drug-likeness (QED) is 0.839. The van der Waals surface area contributed by atoms with Crippen LogP contribution in [0.4, 0.5) is 0 Å². The van der Waals surface area contributed by atoms with Gasteiger partial charge in [-0.25, -0.2) is 4.79 Å². The standard InChI is InChI=1S/C18H23N3O3S/c22-16(20-9-7-13-4-1-2-5-14(13)12-20)8-10-21-18(23)24-17(19-21)15-6-3-11-25-15/h3,6,11,13-14H,1-2,4-5,7-10,12H2/t13-,14+/m0/s1. The molecule has 0 unspecified atom stereocenters. The van der Waals surface area contributed by atoms with Crippen molar-refractivity contribution in [1.29, 1.82) is 0 Å². The summed E-state index contributed by atoms with van der Waals surface area (Å²) in [6, 6.07) is 3.75. The summed E-state index contributed by atoms with van der Waals surface area (Å²) >= 11 is 1.47. The molecule has 1 aliphatic heterocycles. The van der Waals surface area contributed by atoms with E-state index in [0.717, 1.165) is 30.3 Å². The fourth-order valence-corrected chi connectivity index (χ4v) is 4.78. The zero-order valence-electron chi connectivity index (χ0n) is 14.2. The third kappa shape index (κ3) is 3.56. The third-order valence-electron chi connectivity index (χ3n) is 5.52. The smallest absolute Gasteiger partial charge is 0.387 e. The Labute approximate surface area is 150 Å². The van der Waals surface area contributed by atoms with Gasteiger partial charge in [0.25, 0.3) is 5.89 Å². The molecular weight excluding hydrogens is 338 g/mol. The van der Waals surface area contributed by atoms with Gasteiger partial charge in [0.15, 0.2) is 0 Å². The van der Waals surface area contributed by atoms with Gasteiger partial charge in [-0.1, -0.05) is 25.3 Å². The van der Waals surface area contributed by atoms with E-state index >= 15 is 0 Å². The molecule has 0 aromatic carbocycles. The molecule has 25 heavy (non-hydrogen) atoms. The predicted molar refractivity (Wildman–Crippen MR) is 95.3 cm³/mol. The molecule has 2 aromatic heterocycles. The van der Waals surface area contributed by atoms with Crippen LogP contribution in [0.15, 0.2) is 26.7 Å². The number of likely N-dealkylation sites (tertiary alicyclic amines) is 1. The SMILES string of the molecule is O=C(CCn1nc(-c2cccs2)oc1=O)N1CC[C@@H]2CCCC[C@@H]2C1. The first-order valence-electron chi connectivity index (χ1n) is 9.10. The summed E-state index contributed by atoms with van der Waals surface area (Å²) in [6.45, 7) is 2.02. The maximum atomic E-state index is 12.5. The van der Waals surface area contributed by atoms with Gasteiger partial charge < -0.3 is 9.32 Å². The Morgan fingerprint density at radius 3 is 2.92 bits per heavy atom. The van der Waals surface area contributed by atoms with Crippen LogP contribution in [-0.4, -0.2) is 33.7 Å². The summed E-state index contributed by atoms with van der Waals surface area (Å²) in [5.41, 5.74) is 0. The first-order chi connectivity index (χ1) is 12.2. The van der Waals surface area contributed by atoms with Crippen LogP contribution in [0.2, 0.25) is 0 Å². The Balaban J connectivity index is 1.35. The maximum absolute atomic E-state index is 12.5. The molecule has 2 fully saturated rings. The van der Waals surface area contributed by atoms with Gasteiger partial charge in [0.05, 0.1) is 11.4 Å². The van der Waals surface area contributed by atoms with Crippen molar-refractivity contribution in [2.75, 3.05) is 13.1 Å². The minimum Gasteiger partial charge on any atom is -0.387 e. The molecule has 1 saturated heterocycles. The largest absolute Gasteiger partial charge is 0.437 e. The molecule has 4 rings (SSSR count). The van der Waals surface area contributed by atoms with Crippen LogP contribution >= 0.6 is 11.3 Å². The number of aryl methyl sites for hydroxylation is 1. The second-order valence-electron chi connectivity index (χ2n) is 7.06. The van der Waals surface area contributed by atoms with Crippen molar-refractivity contribution in [3.05, 3.63) is 28.1 Å². The number of piperidine rings is 1. The van der Waals surface area contributed by atoms with E-state index in [0.29, 0.717) is 18.2 Å². The number of nitrogens with zero attached hydrogens (tertiary/aromatic N) is 3. The van der Waals surface area contributed by atoms with Crippen molar-refractivity contribution in [2.45, 2.75) is 45.1 Å². The minimum absolute atomic E-state index is 0.122. The molecule has 1 aliphatic carbocycles. The average molecular weight is 361 g/mol. The van der Waals surface area contributed by atoms with Crippen LogP contribution in [0.3, 0.4) is 0 Å². The highest BCUT2D eigenvalue weighted by Crippen LogP contribution is 2.36. The van der Waals surface area contributed by atoms with Crippen LogP contribution < -0.4 is 5.76 Å². The number of rotatable bonds is 4. The molecule has 3 heterocycles. The van der Waals surface area contributed by atoms with Crippen LogP contribution in [-0.2, 0) is 11.3 Å². The highest BCUT2D eigenvalue weighted by Gasteiger charge is 2.32. The van der Waals surface area contributed by atoms with Crippen LogP contribution in [0.25, 0.3) is 10.8 Å². The number of hydrogen-bond acceptors (Lipinski definition) is 5. The Morgan fingerprint density at radius 2 is 2.12 bits per heavy atom. The van der Waals surface area contributed by atoms with Crippen molar-refractivity contribution < 1.29 is 9.21 Å². The molecule has 2 aromatic rings. The van der Waals surface area contributed by atoms with Gasteiger partial charge in [-0.2, -0.15) is 4.68 Å². The highest BCUT2D eigenvalue weighted by molar-refractivity contribution is 7.13. The lowest BCUT2D eigenvalue weighted by atomic mass is 9.75. The third-order valence-corrected chi connectivity index (χ3v) is 6.38. The van der Waals surface area contributed by atoms with Crippen molar-refractivity contribution in [1.82, 2.24) is 14.7 Å². The summed E-state index contributed by atoms with van der Waals surface area (Å²) in [4.78, 5) is 27.3. The Bertz CT molecular complexity index is 780. The molecule has 0 spiro atoms. The maximum Gasteiger partial charge on any atom is 0.437 e. The number of amides is 1. The van der Waals surface area contributed by atoms with E-state index in [9.17, 15) is 9.59 Å². The summed E-state index contributed by atoms with van der Waals surface area (Å²) < 4.78 is 6.45. The Hall–Kier alpha value is -1.89. The normalized spacial score (nSPS) is 23.4. The van der Waals surface area contributed by atoms with Gasteiger partial charge in [-0.3, -0.25) is 4.79 Å². The lowest BCUT2D eigenvalue weighted by Gasteiger charge is -2.41. The Morgan fingerprint density at radius 1 is 1.28 bits per heavy atom. The summed E-state index contributed by atoms with van der Waals surface area (Å²) in [5, 5.41) is 6.12. The van der Waals surface area contributed by atoms with E-state index in [2.05, 4.69) is 5.10 Å². The minimum atomic E-state index is -0.498. The molecule has 1 amide bonds. The Kier molecular flexibility index (Phi) is 4.74. The van der Waals surface area contributed by atoms with Gasteiger partial charge in [0, 0.05) is 19.5 Å². The topological polar surface area (TPSA) is 68.3 Å². The van der Waals surface area contributed by atoms with E-state index in [1.54, 1.807) is 0 Å². The van der Waals surface area contributed by atoms with E-state index in [4.69, 9.17) is 4.42 Å². The van der Waals surface area contributed by atoms with Crippen molar-refractivity contribution >= 4 is 17.2 Å². The van der Waals surface area contributed by atoms with Crippen LogP contribution in [0.5, 0.6) is 0 Å². The summed E-state index contributed by atoms with van der Waals surface area (Å²) in [5.74, 6) is 1.44. The number of aromatic nitrogens is 2. The predicted octanol–water partition coefficient (Wildman–Crippen LogP) is 2.99. The number of carbonyl (C=O) groups excluding carboxylic acids is 1. The lowest BCUT2D eigenvalue weighted by Crippen LogP contribution is -2.45. The second kappa shape index (κ2) is 7.15. The summed E-state index contributed by atoms with van der Waals surface area (Å²) in [7, 11) is 0. The van der Waals surface area contributed by atoms with E-state index in [1.165, 1.54) is 41.7 Å². The molecule has 0 radical (unpaired) electrons. The van der Waals surface area contributed by atoms with Gasteiger partial charge in [-0.15, -0.1) is 16.4 Å². The van der Waals surface area contributed by atoms with Gasteiger partial charge in [0.2, 0.25) is 5.91 Å². The zero-order chi connectivity index (χ0) is 17.2. The van der Waals surface area contributed by atoms with Gasteiger partial charge in [0.1, 0.15) is 0 Å². The van der Waals surface area contributed by atoms with Crippen molar-refractivity contribution in [3.8, 4) is 10.8 Å². The summed E-state index contributed by atoms with van der Waals surface area (Å²) in [6.07, 6.45) is 6.64. The molecule has 1 saturated carbocycles. The molecule has 2 aliphatic rings. The highest BCUT2D eigenvalue weighted by atomic mass is 32.1. The molecular formula is C18H23N3O3S. The first-order valence-corrected chi connectivity index (χ1v) is 9.98. The number of carbonyl (C=O) groups is 1. The number of fused-ring (bicyclic) bond motifs is 1. The second-order valence-corrected chi connectivity index (χ2v) is 8.00. The van der Waals surface area contributed by atoms with Crippen molar-refractivity contribution in [2.24, 2.45) is 11.8 Å². The fourth-order valence-electron chi connectivity index (χ4n) is 4.13. The molecule has 7 heteroatoms. The van der Waals surface area contributed by atoms with Gasteiger partial charge >= 0.3 is 5.76 Å². The molecule has 0 bridgehead atoms. The number of thiophene rings is 1. The lowest BCUT2D eigenvalue weighted by molar-refractivity contribution is -0.134. The van der Waals surface area contributed by atoms with Crippen molar-refractivity contribution in [3.63, 3.8) is 0 Å². The average Bonchev–Trinajstić information content (AvgIpc) is 3.29. The monoisotopic (exact) mass is 361 g/mol. The van der Waals surface area contributed by atoms with E-state index in [-0.39, 0.29) is 12.5 Å². The van der Waals surface area contributed by atoms with Crippen LogP contribution in [0.1, 0.15) is 38.5 Å². The van der Waals surface area contributed by atoms with E-state index < -0.39 is 5.76 Å². The molecule has 0 N–H and O–H groups in total. The first kappa shape index (κ1) is 16.6. The van der Waals surface area contributed by atoms with E-state index in [1.807, 2.05) is 22.4 Å². The molecule has 2 atom stereocenters. The van der Waals surface area contributed by atoms with Gasteiger partial charge in [-0.05, 0) is 36.1 Å². The molecule has 134 valence electrons.